The summed E-state index contributed by atoms with van der Waals surface area (Å²) in [5, 5.41) is 2.86. The molecule has 9 rings (SSSR count). The Balaban J connectivity index is 1.50. The van der Waals surface area contributed by atoms with E-state index in [0.29, 0.717) is 44.6 Å². The van der Waals surface area contributed by atoms with E-state index >= 15 is 0 Å². The monoisotopic (exact) mass is 544 g/mol. The molecule has 0 spiro atoms. The first kappa shape index (κ1) is 16.6. The van der Waals surface area contributed by atoms with Gasteiger partial charge in [-0.05, 0) is 50.9 Å². The normalized spacial score (nSPS) is 14.5. The van der Waals surface area contributed by atoms with Gasteiger partial charge in [0.05, 0.1) is 16.4 Å². The van der Waals surface area contributed by atoms with Crippen LogP contribution in [0.4, 0.5) is 0 Å². The van der Waals surface area contributed by atoms with Crippen LogP contribution in [0.25, 0.3) is 88.0 Å². The molecule has 0 saturated carbocycles. The number of hydrogen-bond donors (Lipinski definition) is 0. The van der Waals surface area contributed by atoms with Crippen LogP contribution in [0.1, 0.15) is 11.0 Å². The van der Waals surface area contributed by atoms with Gasteiger partial charge in [0.25, 0.3) is 0 Å². The third kappa shape index (κ3) is 3.33. The summed E-state index contributed by atoms with van der Waals surface area (Å²) >= 11 is 0. The Morgan fingerprint density at radius 2 is 1.10 bits per heavy atom. The largest absolute Gasteiger partial charge is 0.455 e. The van der Waals surface area contributed by atoms with Gasteiger partial charge in [-0.1, -0.05) is 127 Å². The highest BCUT2D eigenvalue weighted by Crippen LogP contribution is 2.47. The molecule has 0 aliphatic carbocycles. The van der Waals surface area contributed by atoms with Crippen molar-refractivity contribution >= 4 is 54.5 Å². The fourth-order valence-electron chi connectivity index (χ4n) is 6.11. The van der Waals surface area contributed by atoms with Crippen LogP contribution in [0, 0.1) is 0 Å². The number of para-hydroxylation sites is 1. The molecule has 0 fully saturated rings. The minimum atomic E-state index is -0.453. The number of fused-ring (bicyclic) bond motifs is 7. The second-order valence-corrected chi connectivity index (χ2v) is 10.2. The summed E-state index contributed by atoms with van der Waals surface area (Å²) in [7, 11) is 0. The highest BCUT2D eigenvalue weighted by atomic mass is 16.3. The summed E-state index contributed by atoms with van der Waals surface area (Å²) < 4.78 is 84.6. The topological polar surface area (TPSA) is 26.3 Å². The summed E-state index contributed by atoms with van der Waals surface area (Å²) in [5.41, 5.74) is 3.99. The minimum absolute atomic E-state index is 0.134. The third-order valence-corrected chi connectivity index (χ3v) is 7.91. The zero-order valence-electron chi connectivity index (χ0n) is 30.1. The summed E-state index contributed by atoms with van der Waals surface area (Å²) in [6, 6.07) is 26.9. The van der Waals surface area contributed by atoms with Gasteiger partial charge in [0, 0.05) is 27.5 Å². The molecule has 0 radical (unpaired) electrons. The molecule has 7 aromatic carbocycles. The minimum Gasteiger partial charge on any atom is -0.455 e. The number of furan rings is 2. The molecule has 2 nitrogen and oxygen atoms in total. The molecule has 196 valence electrons. The quantitative estimate of drug-likeness (QED) is 0.207. The van der Waals surface area contributed by atoms with Crippen molar-refractivity contribution in [3.8, 4) is 33.6 Å². The molecule has 9 aromatic rings. The van der Waals surface area contributed by atoms with E-state index in [4.69, 9.17) is 17.1 Å². The van der Waals surface area contributed by atoms with E-state index in [0.717, 1.165) is 16.3 Å². The summed E-state index contributed by atoms with van der Waals surface area (Å²) in [5.74, 6) is 0.694. The molecule has 0 aliphatic heterocycles. The van der Waals surface area contributed by atoms with Gasteiger partial charge in [0.15, 0.2) is 0 Å². The lowest BCUT2D eigenvalue weighted by molar-refractivity contribution is 0.633. The molecule has 0 amide bonds. The highest BCUT2D eigenvalue weighted by Gasteiger charge is 2.21. The first-order valence-electron chi connectivity index (χ1n) is 17.6. The Morgan fingerprint density at radius 1 is 0.476 bits per heavy atom. The summed E-state index contributed by atoms with van der Waals surface area (Å²) in [6.45, 7) is 0. The van der Waals surface area contributed by atoms with Gasteiger partial charge >= 0.3 is 0 Å². The maximum Gasteiger partial charge on any atom is 0.146 e. The molecular formula is C40H24O2. The Labute approximate surface area is 253 Å². The Kier molecular flexibility index (Phi) is 3.54. The third-order valence-electron chi connectivity index (χ3n) is 7.91. The Morgan fingerprint density at radius 3 is 1.76 bits per heavy atom. The molecule has 0 N–H and O–H groups in total. The lowest BCUT2D eigenvalue weighted by Crippen LogP contribution is -1.90. The lowest BCUT2D eigenvalue weighted by Gasteiger charge is -2.17. The van der Waals surface area contributed by atoms with E-state index in [-0.39, 0.29) is 51.3 Å². The van der Waals surface area contributed by atoms with Crippen molar-refractivity contribution in [2.75, 3.05) is 0 Å². The molecule has 0 bridgehead atoms. The van der Waals surface area contributed by atoms with E-state index in [1.807, 2.05) is 66.7 Å². The van der Waals surface area contributed by atoms with E-state index in [1.165, 1.54) is 0 Å². The second-order valence-electron chi connectivity index (χ2n) is 10.2. The fraction of sp³-hybridized carbons (Fsp3) is 0. The zero-order valence-corrected chi connectivity index (χ0v) is 22.1. The SMILES string of the molecule is [2H]c1c([2H])c([2H])c2c(-c3cccc4c3oc3ccc5cc(-c6ccccc6)oc5c34)c3c([2H])c([2H])c([2H])c([2H])c3c(-c3ccccc3)c2c1[2H]. The lowest BCUT2D eigenvalue weighted by atomic mass is 9.85. The first-order valence-corrected chi connectivity index (χ1v) is 13.6. The van der Waals surface area contributed by atoms with Crippen LogP contribution in [0.15, 0.2) is 154 Å². The maximum atomic E-state index is 9.25. The molecule has 42 heavy (non-hydrogen) atoms. The van der Waals surface area contributed by atoms with Crippen LogP contribution < -0.4 is 0 Å². The number of hydrogen-bond acceptors (Lipinski definition) is 2. The van der Waals surface area contributed by atoms with Crippen molar-refractivity contribution in [1.82, 2.24) is 0 Å². The van der Waals surface area contributed by atoms with Crippen LogP contribution in [0.5, 0.6) is 0 Å². The molecule has 2 aromatic heterocycles. The number of rotatable bonds is 3. The van der Waals surface area contributed by atoms with Crippen molar-refractivity contribution in [3.05, 3.63) is 145 Å². The van der Waals surface area contributed by atoms with Gasteiger partial charge in [-0.2, -0.15) is 0 Å². The molecule has 0 unspecified atom stereocenters. The van der Waals surface area contributed by atoms with E-state index in [9.17, 15) is 2.74 Å². The molecule has 0 aliphatic rings. The van der Waals surface area contributed by atoms with Crippen molar-refractivity contribution in [3.63, 3.8) is 0 Å². The van der Waals surface area contributed by atoms with Gasteiger partial charge in [-0.3, -0.25) is 0 Å². The molecule has 0 atom stereocenters. The smallest absolute Gasteiger partial charge is 0.146 e. The van der Waals surface area contributed by atoms with Gasteiger partial charge < -0.3 is 8.83 Å². The van der Waals surface area contributed by atoms with E-state index in [1.54, 1.807) is 30.3 Å². The van der Waals surface area contributed by atoms with Crippen molar-refractivity contribution in [2.45, 2.75) is 0 Å². The molecule has 0 saturated heterocycles. The average Bonchev–Trinajstić information content (AvgIpc) is 3.76. The zero-order chi connectivity index (χ0) is 34.6. The average molecular weight is 545 g/mol. The molecule has 2 heterocycles. The molecule has 2 heteroatoms. The Bertz CT molecular complexity index is 2810. The standard InChI is InChI=1S/C40H24O2/c1-3-12-25(13-4-1)35-24-27-22-23-34-38(39(27)42-35)33-21-11-20-32(40(33)41-34)37-30-18-9-7-16-28(30)36(26-14-5-2-6-15-26)29-17-8-10-19-31(29)37/h1-24H/i7D,8D,9D,10D,16D,17D,18D,19D. The van der Waals surface area contributed by atoms with Gasteiger partial charge in [0.1, 0.15) is 22.5 Å². The predicted octanol–water partition coefficient (Wildman–Crippen LogP) is 11.6. The number of benzene rings is 7. The van der Waals surface area contributed by atoms with Gasteiger partial charge in [-0.15, -0.1) is 0 Å². The predicted molar refractivity (Wildman–Crippen MR) is 175 cm³/mol. The Hall–Kier alpha value is -5.60. The summed E-state index contributed by atoms with van der Waals surface area (Å²) in [6.07, 6.45) is 0. The van der Waals surface area contributed by atoms with Gasteiger partial charge in [-0.25, -0.2) is 0 Å². The first-order chi connectivity index (χ1) is 24.2. The van der Waals surface area contributed by atoms with Crippen LogP contribution in [0.3, 0.4) is 0 Å². The van der Waals surface area contributed by atoms with Crippen molar-refractivity contribution in [1.29, 1.82) is 0 Å². The maximum absolute atomic E-state index is 9.25. The fourth-order valence-corrected chi connectivity index (χ4v) is 6.11. The van der Waals surface area contributed by atoms with Gasteiger partial charge in [0.2, 0.25) is 0 Å². The van der Waals surface area contributed by atoms with Crippen LogP contribution >= 0.6 is 0 Å². The van der Waals surface area contributed by atoms with Crippen LogP contribution in [0.2, 0.25) is 0 Å². The van der Waals surface area contributed by atoms with E-state index in [2.05, 4.69) is 0 Å². The van der Waals surface area contributed by atoms with Crippen LogP contribution in [-0.2, 0) is 0 Å². The van der Waals surface area contributed by atoms with Crippen molar-refractivity contribution < 1.29 is 19.8 Å². The summed E-state index contributed by atoms with van der Waals surface area (Å²) in [4.78, 5) is 0. The van der Waals surface area contributed by atoms with E-state index < -0.39 is 24.2 Å². The van der Waals surface area contributed by atoms with Crippen molar-refractivity contribution in [2.24, 2.45) is 0 Å². The highest BCUT2D eigenvalue weighted by molar-refractivity contribution is 6.25. The second kappa shape index (κ2) is 8.95. The molecular weight excluding hydrogens is 512 g/mol. The van der Waals surface area contributed by atoms with Crippen LogP contribution in [-0.4, -0.2) is 0 Å².